The molecule has 0 aromatic rings. The lowest BCUT2D eigenvalue weighted by atomic mass is 10.0. The molecule has 0 aromatic carbocycles. The Morgan fingerprint density at radius 2 is 2.18 bits per heavy atom. The minimum absolute atomic E-state index is 0.166. The fourth-order valence-corrected chi connectivity index (χ4v) is 3.15. The maximum Gasteiger partial charge on any atom is 0.133 e. The summed E-state index contributed by atoms with van der Waals surface area (Å²) in [6.45, 7) is 0. The van der Waals surface area contributed by atoms with Crippen molar-refractivity contribution in [2.24, 2.45) is 11.8 Å². The molecule has 62 valence electrons. The number of carbonyl (C=O) groups is 1. The van der Waals surface area contributed by atoms with Crippen LogP contribution in [0.3, 0.4) is 0 Å². The van der Waals surface area contributed by atoms with Gasteiger partial charge in [-0.1, -0.05) is 15.9 Å². The number of carbonyl (C=O) groups excluding carboxylic acids is 1. The molecule has 2 rings (SSSR count). The van der Waals surface area contributed by atoms with Crippen LogP contribution in [0.5, 0.6) is 0 Å². The Morgan fingerprint density at radius 1 is 1.45 bits per heavy atom. The summed E-state index contributed by atoms with van der Waals surface area (Å²) in [6, 6.07) is 0. The van der Waals surface area contributed by atoms with Crippen molar-refractivity contribution >= 4 is 21.7 Å². The van der Waals surface area contributed by atoms with Crippen molar-refractivity contribution in [3.05, 3.63) is 0 Å². The Balaban J connectivity index is 2.13. The first-order valence-electron chi connectivity index (χ1n) is 4.02. The standard InChI is InChI=1S/C8H11BrO2/c9-8-6-3-5(10)1-4(6)2-7(8)11/h4,6-8,11H,1-3H2/t4-,6-,7+,8+/m0/s1. The fraction of sp³-hybridized carbons (Fsp3) is 0.875. The summed E-state index contributed by atoms with van der Waals surface area (Å²) in [5.74, 6) is 1.25. The molecule has 2 nitrogen and oxygen atoms in total. The second-order valence-electron chi connectivity index (χ2n) is 3.62. The van der Waals surface area contributed by atoms with Crippen LogP contribution in [0.4, 0.5) is 0 Å². The summed E-state index contributed by atoms with van der Waals surface area (Å²) in [6.07, 6.45) is 1.96. The predicted molar refractivity (Wildman–Crippen MR) is 44.6 cm³/mol. The third-order valence-electron chi connectivity index (χ3n) is 2.88. The second-order valence-corrected chi connectivity index (χ2v) is 4.68. The first kappa shape index (κ1) is 7.74. The summed E-state index contributed by atoms with van der Waals surface area (Å²) in [4.78, 5) is 11.2. The van der Waals surface area contributed by atoms with Gasteiger partial charge in [-0.05, 0) is 18.3 Å². The number of halogens is 1. The smallest absolute Gasteiger partial charge is 0.133 e. The molecule has 0 amide bonds. The molecule has 0 bridgehead atoms. The zero-order chi connectivity index (χ0) is 8.01. The molecule has 2 saturated carbocycles. The summed E-state index contributed by atoms with van der Waals surface area (Å²) < 4.78 is 0. The molecule has 2 aliphatic carbocycles. The Labute approximate surface area is 74.1 Å². The number of aliphatic hydroxyl groups is 1. The van der Waals surface area contributed by atoms with Gasteiger partial charge >= 0.3 is 0 Å². The number of Topliss-reactive ketones (excluding diaryl/α,β-unsaturated/α-hetero) is 1. The van der Waals surface area contributed by atoms with Crippen LogP contribution in [0.25, 0.3) is 0 Å². The van der Waals surface area contributed by atoms with Crippen molar-refractivity contribution in [1.82, 2.24) is 0 Å². The first-order valence-corrected chi connectivity index (χ1v) is 4.94. The van der Waals surface area contributed by atoms with Gasteiger partial charge in [-0.25, -0.2) is 0 Å². The van der Waals surface area contributed by atoms with Gasteiger partial charge < -0.3 is 5.11 Å². The van der Waals surface area contributed by atoms with Crippen molar-refractivity contribution in [2.75, 3.05) is 0 Å². The van der Waals surface area contributed by atoms with Crippen molar-refractivity contribution in [1.29, 1.82) is 0 Å². The van der Waals surface area contributed by atoms with E-state index in [0.29, 0.717) is 30.5 Å². The molecule has 0 aromatic heterocycles. The molecule has 3 heteroatoms. The number of alkyl halides is 1. The molecule has 0 aliphatic heterocycles. The summed E-state index contributed by atoms with van der Waals surface area (Å²) in [7, 11) is 0. The largest absolute Gasteiger partial charge is 0.392 e. The molecule has 0 heterocycles. The number of aliphatic hydroxyl groups excluding tert-OH is 1. The quantitative estimate of drug-likeness (QED) is 0.619. The van der Waals surface area contributed by atoms with Crippen molar-refractivity contribution in [3.8, 4) is 0 Å². The fourth-order valence-electron chi connectivity index (χ4n) is 2.31. The lowest BCUT2D eigenvalue weighted by molar-refractivity contribution is -0.117. The van der Waals surface area contributed by atoms with E-state index in [4.69, 9.17) is 0 Å². The van der Waals surface area contributed by atoms with E-state index in [0.717, 1.165) is 6.42 Å². The van der Waals surface area contributed by atoms with Crippen molar-refractivity contribution in [2.45, 2.75) is 30.2 Å². The van der Waals surface area contributed by atoms with Gasteiger partial charge in [-0.15, -0.1) is 0 Å². The molecule has 2 fully saturated rings. The Morgan fingerprint density at radius 3 is 2.82 bits per heavy atom. The molecule has 1 N–H and O–H groups in total. The normalized spacial score (nSPS) is 49.8. The van der Waals surface area contributed by atoms with E-state index < -0.39 is 0 Å². The first-order chi connectivity index (χ1) is 5.18. The number of ketones is 1. The topological polar surface area (TPSA) is 37.3 Å². The zero-order valence-corrected chi connectivity index (χ0v) is 7.75. The second kappa shape index (κ2) is 2.56. The van der Waals surface area contributed by atoms with Gasteiger partial charge in [0, 0.05) is 17.7 Å². The third kappa shape index (κ3) is 1.14. The third-order valence-corrected chi connectivity index (χ3v) is 4.17. The zero-order valence-electron chi connectivity index (χ0n) is 6.16. The van der Waals surface area contributed by atoms with Gasteiger partial charge in [0.15, 0.2) is 0 Å². The Bertz CT molecular complexity index is 193. The molecule has 0 saturated heterocycles. The van der Waals surface area contributed by atoms with E-state index in [9.17, 15) is 9.90 Å². The van der Waals surface area contributed by atoms with Gasteiger partial charge in [0.1, 0.15) is 5.78 Å². The Hall–Kier alpha value is 0.110. The summed E-state index contributed by atoms with van der Waals surface area (Å²) >= 11 is 3.44. The maximum atomic E-state index is 11.0. The molecular formula is C8H11BrO2. The van der Waals surface area contributed by atoms with Crippen LogP contribution >= 0.6 is 15.9 Å². The predicted octanol–water partition coefficient (Wildman–Crippen LogP) is 1.11. The summed E-state index contributed by atoms with van der Waals surface area (Å²) in [5, 5.41) is 9.43. The van der Waals surface area contributed by atoms with E-state index in [1.807, 2.05) is 0 Å². The van der Waals surface area contributed by atoms with Gasteiger partial charge in [0.2, 0.25) is 0 Å². The summed E-state index contributed by atoms with van der Waals surface area (Å²) in [5.41, 5.74) is 0. The molecular weight excluding hydrogens is 208 g/mol. The van der Waals surface area contributed by atoms with Crippen molar-refractivity contribution < 1.29 is 9.90 Å². The molecule has 0 radical (unpaired) electrons. The van der Waals surface area contributed by atoms with Gasteiger partial charge in [0.25, 0.3) is 0 Å². The molecule has 11 heavy (non-hydrogen) atoms. The number of hydrogen-bond donors (Lipinski definition) is 1. The minimum atomic E-state index is -0.224. The van der Waals surface area contributed by atoms with E-state index in [2.05, 4.69) is 15.9 Å². The number of hydrogen-bond acceptors (Lipinski definition) is 2. The lowest BCUT2D eigenvalue weighted by Crippen LogP contribution is -2.18. The monoisotopic (exact) mass is 218 g/mol. The van der Waals surface area contributed by atoms with E-state index in [-0.39, 0.29) is 10.9 Å². The van der Waals surface area contributed by atoms with Crippen LogP contribution in [0.2, 0.25) is 0 Å². The van der Waals surface area contributed by atoms with Gasteiger partial charge in [-0.2, -0.15) is 0 Å². The number of rotatable bonds is 0. The average molecular weight is 219 g/mol. The van der Waals surface area contributed by atoms with E-state index in [1.54, 1.807) is 0 Å². The van der Waals surface area contributed by atoms with Gasteiger partial charge in [0.05, 0.1) is 6.10 Å². The van der Waals surface area contributed by atoms with Crippen LogP contribution in [-0.2, 0) is 4.79 Å². The average Bonchev–Trinajstić information content (AvgIpc) is 2.37. The van der Waals surface area contributed by atoms with Crippen LogP contribution in [-0.4, -0.2) is 21.8 Å². The van der Waals surface area contributed by atoms with Crippen LogP contribution < -0.4 is 0 Å². The molecule has 2 aliphatic rings. The van der Waals surface area contributed by atoms with Crippen LogP contribution in [0.1, 0.15) is 19.3 Å². The molecule has 0 spiro atoms. The number of fused-ring (bicyclic) bond motifs is 1. The highest BCUT2D eigenvalue weighted by Crippen LogP contribution is 2.45. The highest BCUT2D eigenvalue weighted by molar-refractivity contribution is 9.09. The molecule has 4 atom stereocenters. The molecule has 0 unspecified atom stereocenters. The highest BCUT2D eigenvalue weighted by atomic mass is 79.9. The minimum Gasteiger partial charge on any atom is -0.392 e. The Kier molecular flexibility index (Phi) is 1.80. The van der Waals surface area contributed by atoms with Gasteiger partial charge in [-0.3, -0.25) is 4.79 Å². The SMILES string of the molecule is O=C1C[C@H]2C[C@@H](O)[C@H](Br)[C@H]2C1. The van der Waals surface area contributed by atoms with Crippen molar-refractivity contribution in [3.63, 3.8) is 0 Å². The van der Waals surface area contributed by atoms with E-state index >= 15 is 0 Å². The van der Waals surface area contributed by atoms with Crippen LogP contribution in [0, 0.1) is 11.8 Å². The highest BCUT2D eigenvalue weighted by Gasteiger charge is 2.46. The van der Waals surface area contributed by atoms with Crippen LogP contribution in [0.15, 0.2) is 0 Å². The maximum absolute atomic E-state index is 11.0. The van der Waals surface area contributed by atoms with E-state index in [1.165, 1.54) is 0 Å². The lowest BCUT2D eigenvalue weighted by Gasteiger charge is -2.11.